The van der Waals surface area contributed by atoms with Crippen LogP contribution in [0.15, 0.2) is 34.7 Å². The minimum absolute atomic E-state index is 0.0521. The van der Waals surface area contributed by atoms with E-state index in [1.807, 2.05) is 12.1 Å². The highest BCUT2D eigenvalue weighted by Gasteiger charge is 2.44. The maximum atomic E-state index is 5.96. The Kier molecular flexibility index (Phi) is 2.94. The molecule has 0 spiro atoms. The Labute approximate surface area is 114 Å². The molecule has 0 N–H and O–H groups in total. The van der Waals surface area contributed by atoms with Gasteiger partial charge in [-0.2, -0.15) is 0 Å². The molecule has 1 aromatic carbocycles. The van der Waals surface area contributed by atoms with E-state index >= 15 is 0 Å². The summed E-state index contributed by atoms with van der Waals surface area (Å²) in [5.74, 6) is 1.09. The number of para-hydroxylation sites is 1. The summed E-state index contributed by atoms with van der Waals surface area (Å²) >= 11 is 0. The van der Waals surface area contributed by atoms with Crippen molar-refractivity contribution in [1.29, 1.82) is 0 Å². The SMILES string of the molecule is CC(C)(C)OCC1(Cc2cc3ccccc3o2)CC1. The lowest BCUT2D eigenvalue weighted by Crippen LogP contribution is -2.25. The number of hydrogen-bond donors (Lipinski definition) is 0. The Morgan fingerprint density at radius 2 is 1.95 bits per heavy atom. The summed E-state index contributed by atoms with van der Waals surface area (Å²) in [7, 11) is 0. The molecular weight excluding hydrogens is 236 g/mol. The van der Waals surface area contributed by atoms with Crippen LogP contribution in [0.1, 0.15) is 39.4 Å². The second-order valence-electron chi connectivity index (χ2n) is 6.83. The maximum Gasteiger partial charge on any atom is 0.134 e. The summed E-state index contributed by atoms with van der Waals surface area (Å²) in [6, 6.07) is 10.4. The van der Waals surface area contributed by atoms with E-state index in [-0.39, 0.29) is 5.60 Å². The van der Waals surface area contributed by atoms with Crippen LogP contribution >= 0.6 is 0 Å². The maximum absolute atomic E-state index is 5.96. The predicted molar refractivity (Wildman–Crippen MR) is 77.3 cm³/mol. The van der Waals surface area contributed by atoms with Crippen LogP contribution in [0.2, 0.25) is 0 Å². The van der Waals surface area contributed by atoms with E-state index in [2.05, 4.69) is 39.0 Å². The second kappa shape index (κ2) is 4.38. The molecule has 0 bridgehead atoms. The Morgan fingerprint density at radius 3 is 2.58 bits per heavy atom. The third-order valence-electron chi connectivity index (χ3n) is 3.79. The van der Waals surface area contributed by atoms with Gasteiger partial charge in [-0.05, 0) is 45.7 Å². The van der Waals surface area contributed by atoms with Gasteiger partial charge in [-0.3, -0.25) is 0 Å². The van der Waals surface area contributed by atoms with Gasteiger partial charge in [0.25, 0.3) is 0 Å². The smallest absolute Gasteiger partial charge is 0.134 e. The number of benzene rings is 1. The quantitative estimate of drug-likeness (QED) is 0.801. The van der Waals surface area contributed by atoms with Gasteiger partial charge in [-0.1, -0.05) is 18.2 Å². The lowest BCUT2D eigenvalue weighted by Gasteiger charge is -2.23. The van der Waals surface area contributed by atoms with Crippen LogP contribution in [0, 0.1) is 5.41 Å². The Hall–Kier alpha value is -1.28. The van der Waals surface area contributed by atoms with Crippen LogP contribution in [0.3, 0.4) is 0 Å². The van der Waals surface area contributed by atoms with Crippen LogP contribution in [0.25, 0.3) is 11.0 Å². The highest BCUT2D eigenvalue weighted by molar-refractivity contribution is 5.77. The lowest BCUT2D eigenvalue weighted by atomic mass is 10.0. The molecule has 0 unspecified atom stereocenters. The first-order valence-corrected chi connectivity index (χ1v) is 7.07. The molecule has 1 heterocycles. The normalized spacial score (nSPS) is 17.8. The zero-order valence-electron chi connectivity index (χ0n) is 12.0. The van der Waals surface area contributed by atoms with Crippen molar-refractivity contribution in [2.45, 2.75) is 45.6 Å². The van der Waals surface area contributed by atoms with Crippen LogP contribution in [0.5, 0.6) is 0 Å². The number of furan rings is 1. The Bertz CT molecular complexity index is 537. The van der Waals surface area contributed by atoms with Gasteiger partial charge in [0.15, 0.2) is 0 Å². The largest absolute Gasteiger partial charge is 0.461 e. The van der Waals surface area contributed by atoms with E-state index in [9.17, 15) is 0 Å². The molecule has 0 amide bonds. The first kappa shape index (κ1) is 12.7. The molecule has 2 heteroatoms. The molecule has 0 aliphatic heterocycles. The van der Waals surface area contributed by atoms with Crippen molar-refractivity contribution < 1.29 is 9.15 Å². The van der Waals surface area contributed by atoms with Crippen LogP contribution in [-0.2, 0) is 11.2 Å². The van der Waals surface area contributed by atoms with Crippen LogP contribution in [0.4, 0.5) is 0 Å². The lowest BCUT2D eigenvalue weighted by molar-refractivity contribution is -0.0285. The monoisotopic (exact) mass is 258 g/mol. The molecule has 0 radical (unpaired) electrons. The second-order valence-corrected chi connectivity index (χ2v) is 6.83. The van der Waals surface area contributed by atoms with Gasteiger partial charge in [-0.15, -0.1) is 0 Å². The van der Waals surface area contributed by atoms with Crippen molar-refractivity contribution >= 4 is 11.0 Å². The molecular formula is C17H22O2. The summed E-state index contributed by atoms with van der Waals surface area (Å²) in [5, 5.41) is 1.20. The average Bonchev–Trinajstić information content (AvgIpc) is 2.97. The van der Waals surface area contributed by atoms with Crippen LogP contribution < -0.4 is 0 Å². The predicted octanol–water partition coefficient (Wildman–Crippen LogP) is 4.57. The molecule has 0 atom stereocenters. The summed E-state index contributed by atoms with van der Waals surface area (Å²) in [6.07, 6.45) is 3.50. The molecule has 1 aliphatic carbocycles. The minimum atomic E-state index is -0.0521. The van der Waals surface area contributed by atoms with E-state index in [1.54, 1.807) is 0 Å². The summed E-state index contributed by atoms with van der Waals surface area (Å²) in [5.41, 5.74) is 1.26. The van der Waals surface area contributed by atoms with E-state index in [0.29, 0.717) is 5.41 Å². The van der Waals surface area contributed by atoms with Crippen LogP contribution in [-0.4, -0.2) is 12.2 Å². The van der Waals surface area contributed by atoms with E-state index in [0.717, 1.165) is 24.4 Å². The molecule has 1 aliphatic rings. The van der Waals surface area contributed by atoms with Crippen molar-refractivity contribution in [3.63, 3.8) is 0 Å². The van der Waals surface area contributed by atoms with E-state index in [4.69, 9.17) is 9.15 Å². The standard InChI is InChI=1S/C17H22O2/c1-16(2,3)18-12-17(8-9-17)11-14-10-13-6-4-5-7-15(13)19-14/h4-7,10H,8-9,11-12H2,1-3H3. The fourth-order valence-corrected chi connectivity index (χ4v) is 2.41. The van der Waals surface area contributed by atoms with Crippen molar-refractivity contribution in [2.75, 3.05) is 6.61 Å². The fraction of sp³-hybridized carbons (Fsp3) is 0.529. The fourth-order valence-electron chi connectivity index (χ4n) is 2.41. The molecule has 1 fully saturated rings. The molecule has 1 saturated carbocycles. The zero-order valence-corrected chi connectivity index (χ0v) is 12.0. The number of rotatable bonds is 4. The Balaban J connectivity index is 1.70. The average molecular weight is 258 g/mol. The molecule has 1 aromatic heterocycles. The van der Waals surface area contributed by atoms with Gasteiger partial charge in [0.05, 0.1) is 12.2 Å². The molecule has 2 aromatic rings. The molecule has 19 heavy (non-hydrogen) atoms. The summed E-state index contributed by atoms with van der Waals surface area (Å²) in [6.45, 7) is 7.19. The number of fused-ring (bicyclic) bond motifs is 1. The first-order valence-electron chi connectivity index (χ1n) is 7.07. The van der Waals surface area contributed by atoms with Crippen molar-refractivity contribution in [2.24, 2.45) is 5.41 Å². The summed E-state index contributed by atoms with van der Waals surface area (Å²) < 4.78 is 11.9. The third kappa shape index (κ3) is 3.01. The number of ether oxygens (including phenoxy) is 1. The third-order valence-corrected chi connectivity index (χ3v) is 3.79. The van der Waals surface area contributed by atoms with Gasteiger partial charge in [0.2, 0.25) is 0 Å². The van der Waals surface area contributed by atoms with Crippen molar-refractivity contribution in [1.82, 2.24) is 0 Å². The highest BCUT2D eigenvalue weighted by Crippen LogP contribution is 2.49. The highest BCUT2D eigenvalue weighted by atomic mass is 16.5. The van der Waals surface area contributed by atoms with E-state index < -0.39 is 0 Å². The van der Waals surface area contributed by atoms with Gasteiger partial charge in [-0.25, -0.2) is 0 Å². The van der Waals surface area contributed by atoms with Gasteiger partial charge < -0.3 is 9.15 Å². The van der Waals surface area contributed by atoms with Gasteiger partial charge in [0, 0.05) is 17.2 Å². The first-order chi connectivity index (χ1) is 8.96. The minimum Gasteiger partial charge on any atom is -0.461 e. The van der Waals surface area contributed by atoms with Gasteiger partial charge >= 0.3 is 0 Å². The topological polar surface area (TPSA) is 22.4 Å². The number of hydrogen-bond acceptors (Lipinski definition) is 2. The van der Waals surface area contributed by atoms with Gasteiger partial charge in [0.1, 0.15) is 11.3 Å². The van der Waals surface area contributed by atoms with E-state index in [1.165, 1.54) is 18.2 Å². The molecule has 2 nitrogen and oxygen atoms in total. The molecule has 102 valence electrons. The zero-order chi connectivity index (χ0) is 13.5. The van der Waals surface area contributed by atoms with Crippen molar-refractivity contribution in [3.8, 4) is 0 Å². The summed E-state index contributed by atoms with van der Waals surface area (Å²) in [4.78, 5) is 0. The molecule has 0 saturated heterocycles. The molecule has 3 rings (SSSR count). The Morgan fingerprint density at radius 1 is 1.21 bits per heavy atom. The van der Waals surface area contributed by atoms with Crippen molar-refractivity contribution in [3.05, 3.63) is 36.1 Å².